The first-order chi connectivity index (χ1) is 11.6. The molecular formula is C18H23N3O2S. The number of fused-ring (bicyclic) bond motifs is 1. The van der Waals surface area contributed by atoms with E-state index in [9.17, 15) is 14.9 Å². The summed E-state index contributed by atoms with van der Waals surface area (Å²) in [5.74, 6) is 0.544. The molecule has 128 valence electrons. The standard InChI is InChI=1S/C18H23N3O2S/c1-12(22)21-8-7-14-15(10-19)18(24-16(14)11-21)20-17(23)9-13-5-3-2-4-6-13/h13H,2-9,11H2,1H3,(H,20,23). The third kappa shape index (κ3) is 3.62. The number of nitrogens with one attached hydrogen (secondary N) is 1. The average molecular weight is 345 g/mol. The first kappa shape index (κ1) is 17.0. The Hall–Kier alpha value is -1.87. The second-order valence-electron chi connectivity index (χ2n) is 6.77. The largest absolute Gasteiger partial charge is 0.337 e. The maximum atomic E-state index is 12.4. The SMILES string of the molecule is CC(=O)N1CCc2c(sc(NC(=O)CC3CCCCC3)c2C#N)C1. The summed E-state index contributed by atoms with van der Waals surface area (Å²) in [6, 6.07) is 2.25. The fraction of sp³-hybridized carbons (Fsp3) is 0.611. The molecule has 2 heterocycles. The Kier molecular flexibility index (Phi) is 5.20. The minimum absolute atomic E-state index is 0.0143. The number of amides is 2. The lowest BCUT2D eigenvalue weighted by molar-refractivity contribution is -0.129. The van der Waals surface area contributed by atoms with Crippen LogP contribution in [0.25, 0.3) is 0 Å². The number of carbonyl (C=O) groups is 2. The van der Waals surface area contributed by atoms with Crippen molar-refractivity contribution < 1.29 is 9.59 Å². The van der Waals surface area contributed by atoms with Crippen molar-refractivity contribution in [2.45, 2.75) is 58.4 Å². The third-order valence-corrected chi connectivity index (χ3v) is 6.20. The zero-order valence-electron chi connectivity index (χ0n) is 14.1. The normalized spacial score (nSPS) is 17.9. The topological polar surface area (TPSA) is 73.2 Å². The van der Waals surface area contributed by atoms with Crippen LogP contribution in [0.15, 0.2) is 0 Å². The molecule has 0 aromatic carbocycles. The van der Waals surface area contributed by atoms with Crippen molar-refractivity contribution in [1.82, 2.24) is 4.90 Å². The van der Waals surface area contributed by atoms with Gasteiger partial charge in [0.05, 0.1) is 12.1 Å². The molecule has 1 aliphatic carbocycles. The van der Waals surface area contributed by atoms with Gasteiger partial charge in [-0.1, -0.05) is 19.3 Å². The molecule has 1 aromatic rings. The molecule has 1 aromatic heterocycles. The summed E-state index contributed by atoms with van der Waals surface area (Å²) < 4.78 is 0. The molecule has 0 bridgehead atoms. The van der Waals surface area contributed by atoms with E-state index in [0.717, 1.165) is 23.3 Å². The van der Waals surface area contributed by atoms with Crippen molar-refractivity contribution in [2.24, 2.45) is 5.92 Å². The van der Waals surface area contributed by atoms with Crippen molar-refractivity contribution in [3.63, 3.8) is 0 Å². The minimum atomic E-state index is 0.0143. The van der Waals surface area contributed by atoms with Gasteiger partial charge < -0.3 is 10.2 Å². The average Bonchev–Trinajstić information content (AvgIpc) is 2.91. The lowest BCUT2D eigenvalue weighted by Gasteiger charge is -2.25. The molecule has 0 spiro atoms. The molecule has 1 saturated carbocycles. The van der Waals surface area contributed by atoms with Gasteiger partial charge in [0.1, 0.15) is 11.1 Å². The zero-order valence-corrected chi connectivity index (χ0v) is 14.9. The fourth-order valence-electron chi connectivity index (χ4n) is 3.71. The first-order valence-corrected chi connectivity index (χ1v) is 9.50. The van der Waals surface area contributed by atoms with Crippen LogP contribution in [0.5, 0.6) is 0 Å². The van der Waals surface area contributed by atoms with Gasteiger partial charge in [0.2, 0.25) is 11.8 Å². The van der Waals surface area contributed by atoms with Gasteiger partial charge in [0, 0.05) is 24.8 Å². The highest BCUT2D eigenvalue weighted by Gasteiger charge is 2.26. The van der Waals surface area contributed by atoms with E-state index in [4.69, 9.17) is 0 Å². The Morgan fingerprint density at radius 3 is 2.75 bits per heavy atom. The summed E-state index contributed by atoms with van der Waals surface area (Å²) >= 11 is 1.45. The molecule has 3 rings (SSSR count). The fourth-order valence-corrected chi connectivity index (χ4v) is 4.94. The molecule has 1 fully saturated rings. The van der Waals surface area contributed by atoms with Crippen molar-refractivity contribution in [2.75, 3.05) is 11.9 Å². The van der Waals surface area contributed by atoms with Crippen molar-refractivity contribution >= 4 is 28.2 Å². The van der Waals surface area contributed by atoms with Gasteiger partial charge >= 0.3 is 0 Å². The number of nitrogens with zero attached hydrogens (tertiary/aromatic N) is 2. The molecule has 1 N–H and O–H groups in total. The molecule has 0 saturated heterocycles. The van der Waals surface area contributed by atoms with Crippen LogP contribution >= 0.6 is 11.3 Å². The molecule has 2 amide bonds. The van der Waals surface area contributed by atoms with Crippen LogP contribution in [0.2, 0.25) is 0 Å². The summed E-state index contributed by atoms with van der Waals surface area (Å²) in [6.07, 6.45) is 7.21. The second-order valence-corrected chi connectivity index (χ2v) is 7.87. The maximum Gasteiger partial charge on any atom is 0.225 e. The van der Waals surface area contributed by atoms with E-state index in [1.54, 1.807) is 11.8 Å². The number of rotatable bonds is 3. The van der Waals surface area contributed by atoms with E-state index in [1.165, 1.54) is 30.6 Å². The van der Waals surface area contributed by atoms with Gasteiger partial charge in [-0.2, -0.15) is 5.26 Å². The van der Waals surface area contributed by atoms with Crippen LogP contribution in [-0.2, 0) is 22.6 Å². The number of hydrogen-bond acceptors (Lipinski definition) is 4. The van der Waals surface area contributed by atoms with E-state index in [2.05, 4.69) is 11.4 Å². The van der Waals surface area contributed by atoms with Crippen LogP contribution in [-0.4, -0.2) is 23.3 Å². The number of anilines is 1. The summed E-state index contributed by atoms with van der Waals surface area (Å²) in [4.78, 5) is 26.7. The minimum Gasteiger partial charge on any atom is -0.337 e. The van der Waals surface area contributed by atoms with Gasteiger partial charge in [-0.3, -0.25) is 9.59 Å². The molecule has 2 aliphatic rings. The van der Waals surface area contributed by atoms with Gasteiger partial charge in [-0.15, -0.1) is 11.3 Å². The highest BCUT2D eigenvalue weighted by atomic mass is 32.1. The lowest BCUT2D eigenvalue weighted by Crippen LogP contribution is -2.33. The quantitative estimate of drug-likeness (QED) is 0.912. The zero-order chi connectivity index (χ0) is 17.1. The van der Waals surface area contributed by atoms with Crippen LogP contribution in [0.1, 0.15) is 61.5 Å². The smallest absolute Gasteiger partial charge is 0.225 e. The van der Waals surface area contributed by atoms with Crippen molar-refractivity contribution in [1.29, 1.82) is 5.26 Å². The van der Waals surface area contributed by atoms with Gasteiger partial charge in [0.25, 0.3) is 0 Å². The molecule has 0 radical (unpaired) electrons. The van der Waals surface area contributed by atoms with E-state index >= 15 is 0 Å². The predicted octanol–water partition coefficient (Wildman–Crippen LogP) is 3.43. The van der Waals surface area contributed by atoms with Crippen molar-refractivity contribution in [3.8, 4) is 6.07 Å². The van der Waals surface area contributed by atoms with Crippen LogP contribution in [0.3, 0.4) is 0 Å². The van der Waals surface area contributed by atoms with Gasteiger partial charge in [-0.05, 0) is 30.7 Å². The number of thiophene rings is 1. The van der Waals surface area contributed by atoms with E-state index in [1.807, 2.05) is 0 Å². The number of nitriles is 1. The molecule has 6 heteroatoms. The van der Waals surface area contributed by atoms with Gasteiger partial charge in [-0.25, -0.2) is 0 Å². The maximum absolute atomic E-state index is 12.4. The highest BCUT2D eigenvalue weighted by molar-refractivity contribution is 7.16. The Morgan fingerprint density at radius 2 is 2.08 bits per heavy atom. The Labute approximate surface area is 146 Å². The summed E-state index contributed by atoms with van der Waals surface area (Å²) in [5, 5.41) is 13.1. The number of carbonyl (C=O) groups excluding carboxylic acids is 2. The van der Waals surface area contributed by atoms with Crippen LogP contribution in [0, 0.1) is 17.2 Å². The van der Waals surface area contributed by atoms with E-state index in [0.29, 0.717) is 42.4 Å². The number of hydrogen-bond donors (Lipinski definition) is 1. The monoisotopic (exact) mass is 345 g/mol. The van der Waals surface area contributed by atoms with Gasteiger partial charge in [0.15, 0.2) is 0 Å². The molecule has 1 aliphatic heterocycles. The molecular weight excluding hydrogens is 322 g/mol. The van der Waals surface area contributed by atoms with Crippen molar-refractivity contribution in [3.05, 3.63) is 16.0 Å². The predicted molar refractivity (Wildman–Crippen MR) is 93.7 cm³/mol. The summed E-state index contributed by atoms with van der Waals surface area (Å²) in [6.45, 7) is 2.75. The molecule has 24 heavy (non-hydrogen) atoms. The lowest BCUT2D eigenvalue weighted by atomic mass is 9.87. The molecule has 0 atom stereocenters. The Morgan fingerprint density at radius 1 is 1.33 bits per heavy atom. The first-order valence-electron chi connectivity index (χ1n) is 8.68. The van der Waals surface area contributed by atoms with E-state index < -0.39 is 0 Å². The molecule has 0 unspecified atom stereocenters. The Balaban J connectivity index is 1.71. The Bertz CT molecular complexity index is 683. The third-order valence-electron chi connectivity index (χ3n) is 5.07. The van der Waals surface area contributed by atoms with E-state index in [-0.39, 0.29) is 11.8 Å². The van der Waals surface area contributed by atoms with Crippen LogP contribution < -0.4 is 5.32 Å². The summed E-state index contributed by atoms with van der Waals surface area (Å²) in [7, 11) is 0. The second kappa shape index (κ2) is 7.35. The summed E-state index contributed by atoms with van der Waals surface area (Å²) in [5.41, 5.74) is 1.60. The molecule has 5 nitrogen and oxygen atoms in total. The highest BCUT2D eigenvalue weighted by Crippen LogP contribution is 2.37. The van der Waals surface area contributed by atoms with Crippen LogP contribution in [0.4, 0.5) is 5.00 Å².